The molecular weight excluding hydrogens is 228 g/mol. The molecule has 0 spiro atoms. The second-order valence-corrected chi connectivity index (χ2v) is 4.35. The molecule has 0 amide bonds. The van der Waals surface area contributed by atoms with Crippen LogP contribution in [-0.4, -0.2) is 42.6 Å². The van der Waals surface area contributed by atoms with E-state index < -0.39 is 0 Å². The van der Waals surface area contributed by atoms with Gasteiger partial charge in [0.1, 0.15) is 6.04 Å². The van der Waals surface area contributed by atoms with Crippen LogP contribution in [0.4, 0.5) is 0 Å². The third-order valence-corrected chi connectivity index (χ3v) is 3.18. The van der Waals surface area contributed by atoms with E-state index in [0.717, 1.165) is 19.5 Å². The Morgan fingerprint density at radius 1 is 1.62 bits per heavy atom. The van der Waals surface area contributed by atoms with E-state index in [4.69, 9.17) is 10.5 Å². The minimum atomic E-state index is -0.139. The van der Waals surface area contributed by atoms with Gasteiger partial charge in [0.15, 0.2) is 0 Å². The van der Waals surface area contributed by atoms with E-state index in [1.807, 2.05) is 13.8 Å². The van der Waals surface area contributed by atoms with Crippen molar-refractivity contribution in [3.8, 4) is 0 Å². The molecule has 1 rings (SSSR count). The fourth-order valence-electron chi connectivity index (χ4n) is 1.96. The third kappa shape index (κ3) is 3.92. The van der Waals surface area contributed by atoms with Crippen LogP contribution in [0.1, 0.15) is 27.2 Å². The van der Waals surface area contributed by atoms with Crippen LogP contribution in [0.5, 0.6) is 0 Å². The highest BCUT2D eigenvalue weighted by molar-refractivity contribution is 5.85. The van der Waals surface area contributed by atoms with Crippen LogP contribution in [0.3, 0.4) is 0 Å². The van der Waals surface area contributed by atoms with Gasteiger partial charge in [0.2, 0.25) is 0 Å². The van der Waals surface area contributed by atoms with Crippen LogP contribution >= 0.6 is 12.4 Å². The van der Waals surface area contributed by atoms with Gasteiger partial charge in [0, 0.05) is 19.1 Å². The van der Waals surface area contributed by atoms with Crippen molar-refractivity contribution in [2.24, 2.45) is 11.7 Å². The highest BCUT2D eigenvalue weighted by Crippen LogP contribution is 2.17. The predicted octanol–water partition coefficient (Wildman–Crippen LogP) is 1.03. The first-order chi connectivity index (χ1) is 7.06. The molecule has 3 atom stereocenters. The summed E-state index contributed by atoms with van der Waals surface area (Å²) in [6.07, 6.45) is 0.963. The number of nitrogens with two attached hydrogens (primary N) is 1. The number of hydrogen-bond acceptors (Lipinski definition) is 4. The van der Waals surface area contributed by atoms with E-state index in [2.05, 4.69) is 11.8 Å². The molecule has 1 saturated heterocycles. The molecule has 16 heavy (non-hydrogen) atoms. The average molecular weight is 251 g/mol. The maximum Gasteiger partial charge on any atom is 0.323 e. The van der Waals surface area contributed by atoms with E-state index in [9.17, 15) is 4.79 Å². The molecule has 5 heteroatoms. The molecular formula is C11H23ClN2O2. The van der Waals surface area contributed by atoms with Crippen molar-refractivity contribution >= 4 is 18.4 Å². The number of halogens is 1. The Hall–Kier alpha value is -0.320. The van der Waals surface area contributed by atoms with Crippen molar-refractivity contribution in [2.45, 2.75) is 39.3 Å². The van der Waals surface area contributed by atoms with Crippen LogP contribution in [0.15, 0.2) is 0 Å². The SMILES string of the molecule is CCOC(=O)C(C)N1CCC(N)C(C)C1.Cl. The monoisotopic (exact) mass is 250 g/mol. The van der Waals surface area contributed by atoms with Crippen molar-refractivity contribution in [3.63, 3.8) is 0 Å². The molecule has 96 valence electrons. The third-order valence-electron chi connectivity index (χ3n) is 3.18. The summed E-state index contributed by atoms with van der Waals surface area (Å²) in [6.45, 7) is 8.11. The normalized spacial score (nSPS) is 28.0. The first-order valence-electron chi connectivity index (χ1n) is 5.72. The zero-order valence-corrected chi connectivity index (χ0v) is 11.1. The summed E-state index contributed by atoms with van der Waals surface area (Å²) in [6, 6.07) is 0.135. The van der Waals surface area contributed by atoms with Crippen molar-refractivity contribution in [1.82, 2.24) is 4.90 Å². The molecule has 3 unspecified atom stereocenters. The van der Waals surface area contributed by atoms with Crippen LogP contribution < -0.4 is 5.73 Å². The van der Waals surface area contributed by atoms with Crippen molar-refractivity contribution in [3.05, 3.63) is 0 Å². The number of esters is 1. The van der Waals surface area contributed by atoms with Gasteiger partial charge in [-0.2, -0.15) is 0 Å². The van der Waals surface area contributed by atoms with Gasteiger partial charge >= 0.3 is 5.97 Å². The van der Waals surface area contributed by atoms with Gasteiger partial charge in [-0.05, 0) is 26.2 Å². The lowest BCUT2D eigenvalue weighted by Crippen LogP contribution is -2.51. The van der Waals surface area contributed by atoms with Crippen LogP contribution in [0, 0.1) is 5.92 Å². The summed E-state index contributed by atoms with van der Waals surface area (Å²) >= 11 is 0. The molecule has 0 aromatic carbocycles. The van der Waals surface area contributed by atoms with Crippen molar-refractivity contribution in [2.75, 3.05) is 19.7 Å². The van der Waals surface area contributed by atoms with Gasteiger partial charge in [-0.25, -0.2) is 0 Å². The fourth-order valence-corrected chi connectivity index (χ4v) is 1.96. The average Bonchev–Trinajstić information content (AvgIpc) is 2.21. The Balaban J connectivity index is 0.00000225. The highest BCUT2D eigenvalue weighted by atomic mass is 35.5. The van der Waals surface area contributed by atoms with Crippen molar-refractivity contribution < 1.29 is 9.53 Å². The first kappa shape index (κ1) is 15.7. The molecule has 0 aromatic rings. The molecule has 4 nitrogen and oxygen atoms in total. The number of nitrogens with zero attached hydrogens (tertiary/aromatic N) is 1. The van der Waals surface area contributed by atoms with Crippen LogP contribution in [0.25, 0.3) is 0 Å². The number of piperidine rings is 1. The summed E-state index contributed by atoms with van der Waals surface area (Å²) < 4.78 is 5.01. The Labute approximate surface area is 104 Å². The number of hydrogen-bond donors (Lipinski definition) is 1. The lowest BCUT2D eigenvalue weighted by atomic mass is 9.94. The molecule has 0 saturated carbocycles. The van der Waals surface area contributed by atoms with Gasteiger partial charge in [-0.3, -0.25) is 9.69 Å². The molecule has 2 N–H and O–H groups in total. The number of rotatable bonds is 3. The van der Waals surface area contributed by atoms with Crippen LogP contribution in [0.2, 0.25) is 0 Å². The van der Waals surface area contributed by atoms with E-state index >= 15 is 0 Å². The van der Waals surface area contributed by atoms with Crippen LogP contribution in [-0.2, 0) is 9.53 Å². The minimum absolute atomic E-state index is 0. The van der Waals surface area contributed by atoms with E-state index in [-0.39, 0.29) is 30.5 Å². The van der Waals surface area contributed by atoms with E-state index in [1.54, 1.807) is 0 Å². The largest absolute Gasteiger partial charge is 0.465 e. The highest BCUT2D eigenvalue weighted by Gasteiger charge is 2.29. The number of likely N-dealkylation sites (tertiary alicyclic amines) is 1. The molecule has 1 aliphatic heterocycles. The topological polar surface area (TPSA) is 55.6 Å². The number of carbonyl (C=O) groups excluding carboxylic acids is 1. The molecule has 0 bridgehead atoms. The number of ether oxygens (including phenoxy) is 1. The smallest absolute Gasteiger partial charge is 0.323 e. The zero-order chi connectivity index (χ0) is 11.4. The Kier molecular flexibility index (Phi) is 6.95. The first-order valence-corrected chi connectivity index (χ1v) is 5.72. The van der Waals surface area contributed by atoms with E-state index in [0.29, 0.717) is 12.5 Å². The fraction of sp³-hybridized carbons (Fsp3) is 0.909. The Morgan fingerprint density at radius 3 is 2.75 bits per heavy atom. The second-order valence-electron chi connectivity index (χ2n) is 4.35. The summed E-state index contributed by atoms with van der Waals surface area (Å²) in [5.41, 5.74) is 5.93. The van der Waals surface area contributed by atoms with Gasteiger partial charge in [-0.15, -0.1) is 12.4 Å². The van der Waals surface area contributed by atoms with Crippen molar-refractivity contribution in [1.29, 1.82) is 0 Å². The lowest BCUT2D eigenvalue weighted by molar-refractivity contribution is -0.149. The van der Waals surface area contributed by atoms with Gasteiger partial charge in [0.25, 0.3) is 0 Å². The summed E-state index contributed by atoms with van der Waals surface area (Å²) in [5.74, 6) is 0.329. The van der Waals surface area contributed by atoms with Gasteiger partial charge in [-0.1, -0.05) is 6.92 Å². The number of carbonyl (C=O) groups is 1. The molecule has 0 aliphatic carbocycles. The van der Waals surface area contributed by atoms with E-state index in [1.165, 1.54) is 0 Å². The molecule has 0 aromatic heterocycles. The van der Waals surface area contributed by atoms with Gasteiger partial charge in [0.05, 0.1) is 6.61 Å². The quantitative estimate of drug-likeness (QED) is 0.761. The Morgan fingerprint density at radius 2 is 2.25 bits per heavy atom. The van der Waals surface area contributed by atoms with Gasteiger partial charge < -0.3 is 10.5 Å². The standard InChI is InChI=1S/C11H22N2O2.ClH/c1-4-15-11(14)9(3)13-6-5-10(12)8(2)7-13;/h8-10H,4-7,12H2,1-3H3;1H. The summed E-state index contributed by atoms with van der Waals surface area (Å²) in [7, 11) is 0. The summed E-state index contributed by atoms with van der Waals surface area (Å²) in [4.78, 5) is 13.7. The minimum Gasteiger partial charge on any atom is -0.465 e. The maximum atomic E-state index is 11.5. The summed E-state index contributed by atoms with van der Waals surface area (Å²) in [5, 5.41) is 0. The predicted molar refractivity (Wildman–Crippen MR) is 66.7 cm³/mol. The second kappa shape index (κ2) is 7.09. The maximum absolute atomic E-state index is 11.5. The molecule has 1 heterocycles. The lowest BCUT2D eigenvalue weighted by Gasteiger charge is -2.37. The molecule has 0 radical (unpaired) electrons. The molecule has 1 aliphatic rings. The Bertz CT molecular complexity index is 226. The zero-order valence-electron chi connectivity index (χ0n) is 10.3. The molecule has 1 fully saturated rings.